The molecule has 1 heterocycles. The molecular weight excluding hydrogens is 294 g/mol. The second-order valence-electron chi connectivity index (χ2n) is 5.77. The summed E-state index contributed by atoms with van der Waals surface area (Å²) in [5, 5.41) is 0.219. The van der Waals surface area contributed by atoms with Crippen molar-refractivity contribution in [3.8, 4) is 0 Å². The normalized spacial score (nSPS) is 15.7. The van der Waals surface area contributed by atoms with Crippen LogP contribution in [0, 0.1) is 6.92 Å². The molecule has 0 aliphatic heterocycles. The van der Waals surface area contributed by atoms with E-state index in [1.54, 1.807) is 0 Å². The molecule has 0 spiro atoms. The number of pyridine rings is 1. The molecule has 1 unspecified atom stereocenters. The van der Waals surface area contributed by atoms with Crippen molar-refractivity contribution in [3.63, 3.8) is 0 Å². The first-order valence-corrected chi connectivity index (χ1v) is 9.26. The molecule has 2 nitrogen and oxygen atoms in total. The fraction of sp³-hybridized carbons (Fsp3) is 0.615. The van der Waals surface area contributed by atoms with Gasteiger partial charge in [0.2, 0.25) is 0 Å². The SMILES string of the molecule is CO[Si](C)(Cc1cncc(Br)c1C)C(C)(C)C. The lowest BCUT2D eigenvalue weighted by Crippen LogP contribution is -2.46. The maximum Gasteiger partial charge on any atom is 0.198 e. The van der Waals surface area contributed by atoms with E-state index >= 15 is 0 Å². The number of hydrogen-bond acceptors (Lipinski definition) is 2. The summed E-state index contributed by atoms with van der Waals surface area (Å²) in [6.45, 7) is 11.2. The highest BCUT2D eigenvalue weighted by atomic mass is 79.9. The zero-order chi connectivity index (χ0) is 13.3. The second-order valence-corrected chi connectivity index (χ2v) is 11.3. The Morgan fingerprint density at radius 1 is 1.35 bits per heavy atom. The molecule has 0 bridgehead atoms. The van der Waals surface area contributed by atoms with Crippen molar-refractivity contribution in [3.05, 3.63) is 28.0 Å². The number of aromatic nitrogens is 1. The number of nitrogens with zero attached hydrogens (tertiary/aromatic N) is 1. The van der Waals surface area contributed by atoms with E-state index in [-0.39, 0.29) is 5.04 Å². The molecule has 0 aromatic carbocycles. The third kappa shape index (κ3) is 3.17. The smallest absolute Gasteiger partial charge is 0.198 e. The highest BCUT2D eigenvalue weighted by Crippen LogP contribution is 2.39. The Morgan fingerprint density at radius 3 is 2.41 bits per heavy atom. The largest absolute Gasteiger partial charge is 0.419 e. The number of hydrogen-bond donors (Lipinski definition) is 0. The molecule has 0 amide bonds. The highest BCUT2D eigenvalue weighted by molar-refractivity contribution is 9.10. The molecule has 17 heavy (non-hydrogen) atoms. The Labute approximate surface area is 114 Å². The van der Waals surface area contributed by atoms with Crippen molar-refractivity contribution in [2.24, 2.45) is 0 Å². The van der Waals surface area contributed by atoms with Gasteiger partial charge in [-0.3, -0.25) is 4.98 Å². The molecule has 1 aromatic rings. The predicted octanol–water partition coefficient (Wildman–Crippen LogP) is 4.26. The third-order valence-electron chi connectivity index (χ3n) is 3.82. The van der Waals surface area contributed by atoms with Gasteiger partial charge in [0.25, 0.3) is 0 Å². The van der Waals surface area contributed by atoms with E-state index in [1.807, 2.05) is 19.5 Å². The topological polar surface area (TPSA) is 22.1 Å². The van der Waals surface area contributed by atoms with Gasteiger partial charge in [-0.25, -0.2) is 0 Å². The fourth-order valence-corrected chi connectivity index (χ4v) is 4.47. The van der Waals surface area contributed by atoms with Gasteiger partial charge < -0.3 is 4.43 Å². The van der Waals surface area contributed by atoms with Gasteiger partial charge in [0, 0.05) is 24.0 Å². The van der Waals surface area contributed by atoms with Crippen LogP contribution in [0.25, 0.3) is 0 Å². The number of rotatable bonds is 3. The first-order valence-electron chi connectivity index (χ1n) is 5.85. The van der Waals surface area contributed by atoms with Crippen LogP contribution >= 0.6 is 15.9 Å². The zero-order valence-electron chi connectivity index (χ0n) is 11.6. The van der Waals surface area contributed by atoms with Crippen molar-refractivity contribution < 1.29 is 4.43 Å². The van der Waals surface area contributed by atoms with Crippen molar-refractivity contribution in [1.82, 2.24) is 4.98 Å². The molecule has 0 radical (unpaired) electrons. The minimum absolute atomic E-state index is 0.219. The van der Waals surface area contributed by atoms with Crippen molar-refractivity contribution in [2.75, 3.05) is 7.11 Å². The molecule has 0 saturated carbocycles. The van der Waals surface area contributed by atoms with Crippen LogP contribution < -0.4 is 0 Å². The molecule has 4 heteroatoms. The fourth-order valence-electron chi connectivity index (χ4n) is 1.72. The zero-order valence-corrected chi connectivity index (χ0v) is 14.2. The van der Waals surface area contributed by atoms with Crippen molar-refractivity contribution >= 4 is 24.2 Å². The molecular formula is C13H22BrNOSi. The predicted molar refractivity (Wildman–Crippen MR) is 78.7 cm³/mol. The molecule has 0 N–H and O–H groups in total. The lowest BCUT2D eigenvalue weighted by atomic mass is 10.2. The monoisotopic (exact) mass is 315 g/mol. The molecule has 1 atom stereocenters. The van der Waals surface area contributed by atoms with Gasteiger partial charge in [0.15, 0.2) is 8.32 Å². The molecule has 0 saturated heterocycles. The summed E-state index contributed by atoms with van der Waals surface area (Å²) in [5.74, 6) is 0. The molecule has 1 aromatic heterocycles. The van der Waals surface area contributed by atoms with Gasteiger partial charge in [0.05, 0.1) is 0 Å². The van der Waals surface area contributed by atoms with E-state index in [0.717, 1.165) is 10.5 Å². The van der Waals surface area contributed by atoms with E-state index in [2.05, 4.69) is 55.2 Å². The summed E-state index contributed by atoms with van der Waals surface area (Å²) in [4.78, 5) is 4.27. The van der Waals surface area contributed by atoms with Crippen molar-refractivity contribution in [1.29, 1.82) is 0 Å². The van der Waals surface area contributed by atoms with E-state index in [1.165, 1.54) is 11.1 Å². The Balaban J connectivity index is 3.08. The Kier molecular flexibility index (Phi) is 4.55. The van der Waals surface area contributed by atoms with Crippen LogP contribution in [0.2, 0.25) is 11.6 Å². The second kappa shape index (κ2) is 5.20. The standard InChI is InChI=1S/C13H22BrNOSi/c1-10-11(7-15-8-12(10)14)9-17(6,16-5)13(2,3)4/h7-8H,9H2,1-6H3. The maximum absolute atomic E-state index is 5.90. The summed E-state index contributed by atoms with van der Waals surface area (Å²) in [6.07, 6.45) is 3.82. The third-order valence-corrected chi connectivity index (χ3v) is 9.75. The Bertz CT molecular complexity index is 403. The first-order chi connectivity index (χ1) is 7.71. The number of halogens is 1. The maximum atomic E-state index is 5.90. The molecule has 1 rings (SSSR count). The van der Waals surface area contributed by atoms with Crippen LogP contribution in [0.15, 0.2) is 16.9 Å². The summed E-state index contributed by atoms with van der Waals surface area (Å²) >= 11 is 3.54. The minimum Gasteiger partial charge on any atom is -0.419 e. The average molecular weight is 316 g/mol. The summed E-state index contributed by atoms with van der Waals surface area (Å²) in [6, 6.07) is 1.01. The van der Waals surface area contributed by atoms with Crippen LogP contribution in [0.3, 0.4) is 0 Å². The van der Waals surface area contributed by atoms with Crippen LogP contribution in [-0.2, 0) is 10.5 Å². The van der Waals surface area contributed by atoms with Crippen LogP contribution in [0.4, 0.5) is 0 Å². The van der Waals surface area contributed by atoms with E-state index in [4.69, 9.17) is 4.43 Å². The minimum atomic E-state index is -1.78. The van der Waals surface area contributed by atoms with Gasteiger partial charge in [-0.2, -0.15) is 0 Å². The van der Waals surface area contributed by atoms with Gasteiger partial charge >= 0.3 is 0 Å². The van der Waals surface area contributed by atoms with Gasteiger partial charge in [0.1, 0.15) is 0 Å². The first kappa shape index (κ1) is 14.9. The van der Waals surface area contributed by atoms with Gasteiger partial charge in [-0.05, 0) is 51.6 Å². The van der Waals surface area contributed by atoms with E-state index < -0.39 is 8.32 Å². The Hall–Kier alpha value is -0.193. The van der Waals surface area contributed by atoms with Gasteiger partial charge in [-0.1, -0.05) is 20.8 Å². The van der Waals surface area contributed by atoms with Crippen LogP contribution in [0.5, 0.6) is 0 Å². The van der Waals surface area contributed by atoms with Crippen LogP contribution in [0.1, 0.15) is 31.9 Å². The van der Waals surface area contributed by atoms with Crippen LogP contribution in [-0.4, -0.2) is 20.4 Å². The summed E-state index contributed by atoms with van der Waals surface area (Å²) in [7, 11) is 0.0645. The quantitative estimate of drug-likeness (QED) is 0.778. The molecule has 0 fully saturated rings. The lowest BCUT2D eigenvalue weighted by molar-refractivity contribution is 0.365. The molecule has 0 aliphatic carbocycles. The van der Waals surface area contributed by atoms with Crippen molar-refractivity contribution in [2.45, 2.75) is 45.3 Å². The summed E-state index contributed by atoms with van der Waals surface area (Å²) < 4.78 is 6.98. The lowest BCUT2D eigenvalue weighted by Gasteiger charge is -2.38. The average Bonchev–Trinajstić information content (AvgIpc) is 2.23. The highest BCUT2D eigenvalue weighted by Gasteiger charge is 2.41. The molecule has 96 valence electrons. The Morgan fingerprint density at radius 2 is 1.94 bits per heavy atom. The summed E-state index contributed by atoms with van der Waals surface area (Å²) in [5.41, 5.74) is 2.57. The van der Waals surface area contributed by atoms with E-state index in [9.17, 15) is 0 Å². The van der Waals surface area contributed by atoms with E-state index in [0.29, 0.717) is 0 Å². The molecule has 0 aliphatic rings. The van der Waals surface area contributed by atoms with Gasteiger partial charge in [-0.15, -0.1) is 0 Å².